The Morgan fingerprint density at radius 1 is 1.39 bits per heavy atom. The molecular formula is C15H20N4O3S. The fourth-order valence-electron chi connectivity index (χ4n) is 2.07. The predicted molar refractivity (Wildman–Crippen MR) is 87.8 cm³/mol. The van der Waals surface area contributed by atoms with Gasteiger partial charge in [-0.3, -0.25) is 4.79 Å². The first-order chi connectivity index (χ1) is 11.0. The third-order valence-corrected chi connectivity index (χ3v) is 4.32. The first-order valence-corrected chi connectivity index (χ1v) is 8.01. The van der Waals surface area contributed by atoms with Gasteiger partial charge in [0, 0.05) is 12.6 Å². The highest BCUT2D eigenvalue weighted by molar-refractivity contribution is 7.99. The number of nitrogens with zero attached hydrogens (tertiary/aromatic N) is 3. The topological polar surface area (TPSA) is 78.3 Å². The smallest absolute Gasteiger partial charge is 0.230 e. The number of hydrogen-bond acceptors (Lipinski definition) is 6. The molecule has 1 atom stereocenters. The molecular weight excluding hydrogens is 316 g/mol. The normalized spacial score (nSPS) is 11.8. The Balaban J connectivity index is 1.99. The zero-order valence-electron chi connectivity index (χ0n) is 13.6. The van der Waals surface area contributed by atoms with E-state index in [4.69, 9.17) is 9.47 Å². The van der Waals surface area contributed by atoms with Crippen molar-refractivity contribution in [1.82, 2.24) is 20.1 Å². The highest BCUT2D eigenvalue weighted by atomic mass is 32.2. The van der Waals surface area contributed by atoms with Crippen molar-refractivity contribution in [2.24, 2.45) is 7.05 Å². The number of methoxy groups -OCH3 is 2. The number of thioether (sulfide) groups is 1. The molecule has 1 heterocycles. The van der Waals surface area contributed by atoms with Crippen molar-refractivity contribution in [3.8, 4) is 11.5 Å². The second kappa shape index (κ2) is 7.87. The minimum Gasteiger partial charge on any atom is -0.497 e. The molecule has 1 N–H and O–H groups in total. The number of ether oxygens (including phenoxy) is 2. The Bertz CT molecular complexity index is 674. The standard InChI is InChI=1S/C15H20N4O3S/c1-10(12-7-11(21-3)5-6-13(12)22-4)17-14(20)8-23-15-18-16-9-19(15)2/h5-7,9-10H,8H2,1-4H3,(H,17,20)/t10-/m0/s1. The van der Waals surface area contributed by atoms with Crippen molar-refractivity contribution in [2.75, 3.05) is 20.0 Å². The number of amides is 1. The molecule has 7 nitrogen and oxygen atoms in total. The third kappa shape index (κ3) is 4.38. The van der Waals surface area contributed by atoms with E-state index >= 15 is 0 Å². The van der Waals surface area contributed by atoms with Gasteiger partial charge < -0.3 is 19.4 Å². The van der Waals surface area contributed by atoms with Crippen molar-refractivity contribution in [1.29, 1.82) is 0 Å². The summed E-state index contributed by atoms with van der Waals surface area (Å²) in [7, 11) is 5.04. The molecule has 124 valence electrons. The predicted octanol–water partition coefficient (Wildman–Crippen LogP) is 1.80. The van der Waals surface area contributed by atoms with Crippen LogP contribution in [0.15, 0.2) is 29.7 Å². The van der Waals surface area contributed by atoms with E-state index in [2.05, 4.69) is 15.5 Å². The molecule has 2 aromatic rings. The zero-order chi connectivity index (χ0) is 16.8. The van der Waals surface area contributed by atoms with Gasteiger partial charge >= 0.3 is 0 Å². The minimum absolute atomic E-state index is 0.0876. The first kappa shape index (κ1) is 17.1. The number of nitrogens with one attached hydrogen (secondary N) is 1. The summed E-state index contributed by atoms with van der Waals surface area (Å²) >= 11 is 1.34. The fraction of sp³-hybridized carbons (Fsp3) is 0.400. The Morgan fingerprint density at radius 3 is 2.78 bits per heavy atom. The third-order valence-electron chi connectivity index (χ3n) is 3.28. The maximum absolute atomic E-state index is 12.1. The number of carbonyl (C=O) groups excluding carboxylic acids is 1. The van der Waals surface area contributed by atoms with Crippen LogP contribution < -0.4 is 14.8 Å². The number of carbonyl (C=O) groups is 1. The lowest BCUT2D eigenvalue weighted by Gasteiger charge is -2.18. The summed E-state index contributed by atoms with van der Waals surface area (Å²) in [6.07, 6.45) is 1.60. The summed E-state index contributed by atoms with van der Waals surface area (Å²) in [4.78, 5) is 12.1. The quantitative estimate of drug-likeness (QED) is 0.777. The van der Waals surface area contributed by atoms with Crippen LogP contribution in [0.25, 0.3) is 0 Å². The number of hydrogen-bond donors (Lipinski definition) is 1. The lowest BCUT2D eigenvalue weighted by molar-refractivity contribution is -0.119. The number of benzene rings is 1. The van der Waals surface area contributed by atoms with Crippen LogP contribution in [0.5, 0.6) is 11.5 Å². The summed E-state index contributed by atoms with van der Waals surface area (Å²) in [6.45, 7) is 1.90. The van der Waals surface area contributed by atoms with E-state index in [9.17, 15) is 4.79 Å². The molecule has 0 aliphatic carbocycles. The van der Waals surface area contributed by atoms with Crippen LogP contribution in [0, 0.1) is 0 Å². The van der Waals surface area contributed by atoms with Gasteiger partial charge in [-0.1, -0.05) is 11.8 Å². The zero-order valence-corrected chi connectivity index (χ0v) is 14.4. The Hall–Kier alpha value is -2.22. The van der Waals surface area contributed by atoms with Gasteiger partial charge in [-0.25, -0.2) is 0 Å². The van der Waals surface area contributed by atoms with E-state index in [0.717, 1.165) is 11.3 Å². The van der Waals surface area contributed by atoms with E-state index in [0.29, 0.717) is 10.9 Å². The van der Waals surface area contributed by atoms with Crippen LogP contribution in [0.2, 0.25) is 0 Å². The molecule has 0 bridgehead atoms. The summed E-state index contributed by atoms with van der Waals surface area (Å²) in [5, 5.41) is 11.4. The van der Waals surface area contributed by atoms with Crippen LogP contribution in [0.3, 0.4) is 0 Å². The van der Waals surface area contributed by atoms with Crippen molar-refractivity contribution >= 4 is 17.7 Å². The number of aromatic nitrogens is 3. The number of aryl methyl sites for hydroxylation is 1. The van der Waals surface area contributed by atoms with E-state index in [1.54, 1.807) is 25.1 Å². The fourth-order valence-corrected chi connectivity index (χ4v) is 2.77. The molecule has 0 aliphatic heterocycles. The second-order valence-corrected chi connectivity index (χ2v) is 5.85. The highest BCUT2D eigenvalue weighted by Crippen LogP contribution is 2.29. The van der Waals surface area contributed by atoms with Crippen molar-refractivity contribution in [3.63, 3.8) is 0 Å². The van der Waals surface area contributed by atoms with Crippen LogP contribution >= 0.6 is 11.8 Å². The molecule has 0 saturated carbocycles. The van der Waals surface area contributed by atoms with Gasteiger partial charge in [0.25, 0.3) is 0 Å². The molecule has 0 aliphatic rings. The average Bonchev–Trinajstić information content (AvgIpc) is 2.97. The molecule has 2 rings (SSSR count). The lowest BCUT2D eigenvalue weighted by atomic mass is 10.1. The molecule has 0 fully saturated rings. The van der Waals surface area contributed by atoms with E-state index in [1.807, 2.05) is 32.2 Å². The van der Waals surface area contributed by atoms with Crippen LogP contribution in [-0.2, 0) is 11.8 Å². The van der Waals surface area contributed by atoms with Gasteiger partial charge in [0.05, 0.1) is 26.0 Å². The van der Waals surface area contributed by atoms with Gasteiger partial charge in [0.1, 0.15) is 17.8 Å². The molecule has 0 radical (unpaired) electrons. The maximum atomic E-state index is 12.1. The van der Waals surface area contributed by atoms with Gasteiger partial charge in [0.2, 0.25) is 5.91 Å². The molecule has 0 saturated heterocycles. The Kier molecular flexibility index (Phi) is 5.86. The van der Waals surface area contributed by atoms with Crippen molar-refractivity contribution < 1.29 is 14.3 Å². The molecule has 0 unspecified atom stereocenters. The van der Waals surface area contributed by atoms with E-state index in [1.165, 1.54) is 11.8 Å². The van der Waals surface area contributed by atoms with Gasteiger partial charge in [0.15, 0.2) is 5.16 Å². The van der Waals surface area contributed by atoms with Gasteiger partial charge in [-0.15, -0.1) is 10.2 Å². The lowest BCUT2D eigenvalue weighted by Crippen LogP contribution is -2.28. The average molecular weight is 336 g/mol. The molecule has 8 heteroatoms. The molecule has 0 spiro atoms. The van der Waals surface area contributed by atoms with Gasteiger partial charge in [-0.05, 0) is 25.1 Å². The maximum Gasteiger partial charge on any atom is 0.230 e. The molecule has 23 heavy (non-hydrogen) atoms. The molecule has 1 aromatic carbocycles. The minimum atomic E-state index is -0.201. The molecule has 1 amide bonds. The van der Waals surface area contributed by atoms with Gasteiger partial charge in [-0.2, -0.15) is 0 Å². The summed E-state index contributed by atoms with van der Waals surface area (Å²) in [6, 6.07) is 5.30. The van der Waals surface area contributed by atoms with Crippen LogP contribution in [0.4, 0.5) is 0 Å². The highest BCUT2D eigenvalue weighted by Gasteiger charge is 2.16. The van der Waals surface area contributed by atoms with E-state index in [-0.39, 0.29) is 17.7 Å². The Labute approximate surface area is 139 Å². The summed E-state index contributed by atoms with van der Waals surface area (Å²) in [5.41, 5.74) is 0.865. The van der Waals surface area contributed by atoms with Crippen LogP contribution in [0.1, 0.15) is 18.5 Å². The second-order valence-electron chi connectivity index (χ2n) is 4.91. The molecule has 1 aromatic heterocycles. The van der Waals surface area contributed by atoms with Crippen molar-refractivity contribution in [3.05, 3.63) is 30.1 Å². The number of rotatable bonds is 7. The first-order valence-electron chi connectivity index (χ1n) is 7.03. The SMILES string of the molecule is COc1ccc(OC)c([C@H](C)NC(=O)CSc2nncn2C)c1. The van der Waals surface area contributed by atoms with Crippen molar-refractivity contribution in [2.45, 2.75) is 18.1 Å². The van der Waals surface area contributed by atoms with Crippen LogP contribution in [-0.4, -0.2) is 40.6 Å². The largest absolute Gasteiger partial charge is 0.497 e. The summed E-state index contributed by atoms with van der Waals surface area (Å²) < 4.78 is 12.3. The Morgan fingerprint density at radius 2 is 2.17 bits per heavy atom. The van der Waals surface area contributed by atoms with E-state index < -0.39 is 0 Å². The summed E-state index contributed by atoms with van der Waals surface area (Å²) in [5.74, 6) is 1.61. The monoisotopic (exact) mass is 336 g/mol.